The minimum atomic E-state index is -1.61. The number of ketones is 1. The average molecular weight is 350 g/mol. The zero-order chi connectivity index (χ0) is 17.6. The van der Waals surface area contributed by atoms with Crippen molar-refractivity contribution >= 4 is 21.9 Å². The lowest BCUT2D eigenvalue weighted by molar-refractivity contribution is -0.134. The largest absolute Gasteiger partial charge is 0.497 e. The topological polar surface area (TPSA) is 75.6 Å². The van der Waals surface area contributed by atoms with Gasteiger partial charge in [0.15, 0.2) is 5.78 Å². The fraction of sp³-hybridized carbons (Fsp3) is 0.556. The third-order valence-electron chi connectivity index (χ3n) is 4.77. The van der Waals surface area contributed by atoms with Crippen LogP contribution in [-0.4, -0.2) is 46.3 Å². The highest BCUT2D eigenvalue weighted by Crippen LogP contribution is 2.37. The van der Waals surface area contributed by atoms with Gasteiger partial charge < -0.3 is 15.2 Å². The molecular formula is C18H27NO4Si. The van der Waals surface area contributed by atoms with Crippen LogP contribution in [0.1, 0.15) is 42.5 Å². The summed E-state index contributed by atoms with van der Waals surface area (Å²) in [5.41, 5.74) is -1.20. The molecule has 6 heteroatoms. The van der Waals surface area contributed by atoms with Crippen LogP contribution in [0.3, 0.4) is 0 Å². The zero-order valence-corrected chi connectivity index (χ0v) is 16.5. The van der Waals surface area contributed by atoms with Crippen LogP contribution in [0.15, 0.2) is 24.3 Å². The van der Waals surface area contributed by atoms with Crippen LogP contribution in [0.4, 0.5) is 0 Å². The van der Waals surface area contributed by atoms with Crippen LogP contribution in [0, 0.1) is 5.92 Å². The first-order chi connectivity index (χ1) is 11.5. The highest BCUT2D eigenvalue weighted by atomic mass is 28.1. The van der Waals surface area contributed by atoms with Crippen LogP contribution in [0.5, 0.6) is 5.75 Å². The fourth-order valence-electron chi connectivity index (χ4n) is 3.28. The molecule has 0 bridgehead atoms. The molecule has 2 rings (SSSR count). The molecule has 1 aliphatic carbocycles. The zero-order valence-electron chi connectivity index (χ0n) is 14.5. The van der Waals surface area contributed by atoms with Crippen LogP contribution in [0.2, 0.25) is 6.04 Å². The van der Waals surface area contributed by atoms with E-state index in [0.717, 1.165) is 35.5 Å². The third kappa shape index (κ3) is 4.05. The number of carbonyl (C=O) groups excluding carboxylic acids is 2. The van der Waals surface area contributed by atoms with Crippen molar-refractivity contribution in [1.29, 1.82) is 0 Å². The molecule has 132 valence electrons. The number of amides is 1. The van der Waals surface area contributed by atoms with E-state index in [1.165, 1.54) is 0 Å². The second kappa shape index (κ2) is 8.44. The maximum Gasteiger partial charge on any atom is 0.226 e. The molecule has 0 aliphatic heterocycles. The van der Waals surface area contributed by atoms with Crippen LogP contribution < -0.4 is 10.1 Å². The summed E-state index contributed by atoms with van der Waals surface area (Å²) in [6.45, 7) is 0.617. The van der Waals surface area contributed by atoms with Crippen LogP contribution in [0.25, 0.3) is 0 Å². The summed E-state index contributed by atoms with van der Waals surface area (Å²) in [6, 6.07) is 7.80. The Hall–Kier alpha value is -1.66. The summed E-state index contributed by atoms with van der Waals surface area (Å²) >= 11 is 0. The van der Waals surface area contributed by atoms with Crippen molar-refractivity contribution < 1.29 is 19.4 Å². The van der Waals surface area contributed by atoms with Gasteiger partial charge in [0.1, 0.15) is 11.4 Å². The van der Waals surface area contributed by atoms with E-state index in [9.17, 15) is 14.7 Å². The lowest BCUT2D eigenvalue weighted by Gasteiger charge is -2.37. The molecule has 0 heterocycles. The minimum absolute atomic E-state index is 0.200. The molecule has 1 fully saturated rings. The molecule has 1 amide bonds. The number of Topliss-reactive ketones (excluding diaryl/α,β-unsaturated/α-hetero) is 1. The van der Waals surface area contributed by atoms with Gasteiger partial charge in [-0.3, -0.25) is 9.59 Å². The van der Waals surface area contributed by atoms with Crippen molar-refractivity contribution in [3.63, 3.8) is 0 Å². The Balaban J connectivity index is 2.18. The van der Waals surface area contributed by atoms with E-state index in [0.29, 0.717) is 30.7 Å². The Morgan fingerprint density at radius 1 is 1.33 bits per heavy atom. The van der Waals surface area contributed by atoms with Gasteiger partial charge in [-0.15, -0.1) is 0 Å². The van der Waals surface area contributed by atoms with Crippen molar-refractivity contribution in [2.75, 3.05) is 13.7 Å². The van der Waals surface area contributed by atoms with E-state index < -0.39 is 11.5 Å². The number of benzene rings is 1. The molecule has 0 saturated heterocycles. The lowest BCUT2D eigenvalue weighted by atomic mass is 9.71. The van der Waals surface area contributed by atoms with Crippen molar-refractivity contribution in [2.24, 2.45) is 5.92 Å². The first kappa shape index (κ1) is 18.7. The number of hydrogen-bond donors (Lipinski definition) is 2. The maximum absolute atomic E-state index is 12.9. The van der Waals surface area contributed by atoms with Gasteiger partial charge in [-0.05, 0) is 43.5 Å². The molecule has 2 unspecified atom stereocenters. The summed E-state index contributed by atoms with van der Waals surface area (Å²) < 4.78 is 5.10. The average Bonchev–Trinajstić information content (AvgIpc) is 2.61. The molecule has 1 aromatic rings. The summed E-state index contributed by atoms with van der Waals surface area (Å²) in [7, 11) is 2.67. The van der Waals surface area contributed by atoms with E-state index in [2.05, 4.69) is 5.32 Å². The first-order valence-corrected chi connectivity index (χ1v) is 10.1. The molecule has 2 atom stereocenters. The smallest absolute Gasteiger partial charge is 0.226 e. The molecule has 2 N–H and O–H groups in total. The van der Waals surface area contributed by atoms with E-state index in [1.807, 2.05) is 0 Å². The normalized spacial score (nSPS) is 23.7. The summed E-state index contributed by atoms with van der Waals surface area (Å²) in [6.07, 6.45) is 3.44. The van der Waals surface area contributed by atoms with Gasteiger partial charge in [0.2, 0.25) is 5.91 Å². The predicted molar refractivity (Wildman–Crippen MR) is 96.6 cm³/mol. The number of rotatable bonds is 7. The van der Waals surface area contributed by atoms with Crippen LogP contribution in [-0.2, 0) is 4.79 Å². The van der Waals surface area contributed by atoms with Crippen molar-refractivity contribution in [1.82, 2.24) is 5.32 Å². The van der Waals surface area contributed by atoms with Gasteiger partial charge in [-0.1, -0.05) is 18.9 Å². The third-order valence-corrected chi connectivity index (χ3v) is 5.48. The highest BCUT2D eigenvalue weighted by Gasteiger charge is 2.48. The number of aliphatic hydroxyl groups is 1. The second-order valence-electron chi connectivity index (χ2n) is 6.42. The Bertz CT molecular complexity index is 575. The molecule has 0 radical (unpaired) electrons. The van der Waals surface area contributed by atoms with Crippen molar-refractivity contribution in [3.05, 3.63) is 29.8 Å². The lowest BCUT2D eigenvalue weighted by Crippen LogP contribution is -2.54. The number of hydrogen-bond acceptors (Lipinski definition) is 4. The standard InChI is InChI=1S/C18H27NO4Si/c1-23-14-8-6-13(7-9-14)16(20)18(22)10-3-2-5-15(18)17(21)19-11-4-12-24/h6-9,15,22H,2-5,10-12H2,1,24H3,(H,19,21). The van der Waals surface area contributed by atoms with Gasteiger partial charge in [0, 0.05) is 22.4 Å². The van der Waals surface area contributed by atoms with Crippen molar-refractivity contribution in [3.8, 4) is 5.75 Å². The quantitative estimate of drug-likeness (QED) is 0.439. The molecule has 0 aromatic heterocycles. The molecule has 5 nitrogen and oxygen atoms in total. The summed E-state index contributed by atoms with van der Waals surface area (Å²) in [5, 5.41) is 14.0. The monoisotopic (exact) mass is 349 g/mol. The number of ether oxygens (including phenoxy) is 1. The van der Waals surface area contributed by atoms with E-state index in [4.69, 9.17) is 4.74 Å². The predicted octanol–water partition coefficient (Wildman–Crippen LogP) is 1.09. The van der Waals surface area contributed by atoms with Gasteiger partial charge in [0.25, 0.3) is 0 Å². The summed E-state index contributed by atoms with van der Waals surface area (Å²) in [5.74, 6) is -0.586. The fourth-order valence-corrected chi connectivity index (χ4v) is 3.63. The van der Waals surface area contributed by atoms with E-state index in [1.54, 1.807) is 31.4 Å². The Morgan fingerprint density at radius 3 is 2.67 bits per heavy atom. The minimum Gasteiger partial charge on any atom is -0.497 e. The number of carbonyl (C=O) groups is 2. The van der Waals surface area contributed by atoms with Gasteiger partial charge in [-0.2, -0.15) is 0 Å². The first-order valence-electron chi connectivity index (χ1n) is 8.72. The Kier molecular flexibility index (Phi) is 6.57. The molecule has 1 aromatic carbocycles. The van der Waals surface area contributed by atoms with Gasteiger partial charge in [0.05, 0.1) is 13.0 Å². The maximum atomic E-state index is 12.9. The highest BCUT2D eigenvalue weighted by molar-refractivity contribution is 6.08. The number of methoxy groups -OCH3 is 1. The molecular weight excluding hydrogens is 322 g/mol. The molecule has 1 aliphatic rings. The van der Waals surface area contributed by atoms with E-state index >= 15 is 0 Å². The molecule has 1 saturated carbocycles. The molecule has 24 heavy (non-hydrogen) atoms. The Morgan fingerprint density at radius 2 is 2.04 bits per heavy atom. The second-order valence-corrected chi connectivity index (χ2v) is 7.42. The van der Waals surface area contributed by atoms with Crippen LogP contribution >= 0.6 is 0 Å². The number of nitrogens with one attached hydrogen (secondary N) is 1. The van der Waals surface area contributed by atoms with Gasteiger partial charge in [-0.25, -0.2) is 0 Å². The SMILES string of the molecule is COc1ccc(C(=O)C2(O)CCCCC2C(=O)NCCC[SiH3])cc1. The Labute approximate surface area is 146 Å². The van der Waals surface area contributed by atoms with E-state index in [-0.39, 0.29) is 11.7 Å². The molecule has 0 spiro atoms. The van der Waals surface area contributed by atoms with Crippen molar-refractivity contribution in [2.45, 2.75) is 43.7 Å². The summed E-state index contributed by atoms with van der Waals surface area (Å²) in [4.78, 5) is 25.4. The van der Waals surface area contributed by atoms with Gasteiger partial charge >= 0.3 is 0 Å².